The molecule has 2 bridgehead atoms. The Bertz CT molecular complexity index is 758. The molecular formula is C18H16FIO3. The summed E-state index contributed by atoms with van der Waals surface area (Å²) in [4.78, 5) is 12.8. The van der Waals surface area contributed by atoms with E-state index in [-0.39, 0.29) is 23.2 Å². The van der Waals surface area contributed by atoms with Crippen LogP contribution in [0.4, 0.5) is 4.39 Å². The van der Waals surface area contributed by atoms with E-state index in [4.69, 9.17) is 9.47 Å². The highest BCUT2D eigenvalue weighted by atomic mass is 127. The third-order valence-corrected chi connectivity index (χ3v) is 4.87. The highest BCUT2D eigenvalue weighted by molar-refractivity contribution is 14.1. The highest BCUT2D eigenvalue weighted by Gasteiger charge is 2.43. The first-order valence-electron chi connectivity index (χ1n) is 7.42. The molecule has 2 atom stereocenters. The van der Waals surface area contributed by atoms with Crippen LogP contribution in [0.1, 0.15) is 30.4 Å². The van der Waals surface area contributed by atoms with Gasteiger partial charge in [0.1, 0.15) is 17.3 Å². The number of ketones is 1. The molecule has 0 N–H and O–H groups in total. The maximum atomic E-state index is 14.8. The average Bonchev–Trinajstić information content (AvgIpc) is 2.97. The van der Waals surface area contributed by atoms with E-state index < -0.39 is 5.82 Å². The summed E-state index contributed by atoms with van der Waals surface area (Å²) >= 11 is 1.90. The van der Waals surface area contributed by atoms with Crippen molar-refractivity contribution >= 4 is 33.9 Å². The number of halogens is 2. The number of allylic oxidation sites excluding steroid dienone is 2. The molecule has 0 amide bonds. The van der Waals surface area contributed by atoms with Gasteiger partial charge < -0.3 is 9.47 Å². The zero-order valence-electron chi connectivity index (χ0n) is 12.9. The van der Waals surface area contributed by atoms with Crippen molar-refractivity contribution < 1.29 is 18.7 Å². The molecule has 2 unspecified atom stereocenters. The van der Waals surface area contributed by atoms with Gasteiger partial charge in [0.2, 0.25) is 0 Å². The summed E-state index contributed by atoms with van der Waals surface area (Å²) in [5.74, 6) is 3.32. The SMILES string of the molecule is COC1=C(c2c(F)cc(C#CI)cc2OC)C(=O)C2CCC1C2. The molecule has 3 nitrogen and oxygen atoms in total. The molecular weight excluding hydrogens is 410 g/mol. The van der Waals surface area contributed by atoms with Crippen molar-refractivity contribution in [3.63, 3.8) is 0 Å². The smallest absolute Gasteiger partial charge is 0.170 e. The second kappa shape index (κ2) is 6.52. The van der Waals surface area contributed by atoms with Gasteiger partial charge in [-0.15, -0.1) is 0 Å². The molecule has 1 aromatic carbocycles. The number of Topliss-reactive ketones (excluding diaryl/α,β-unsaturated/α-hetero) is 1. The largest absolute Gasteiger partial charge is 0.500 e. The monoisotopic (exact) mass is 426 g/mol. The molecule has 1 saturated carbocycles. The van der Waals surface area contributed by atoms with Crippen LogP contribution in [0.2, 0.25) is 0 Å². The van der Waals surface area contributed by atoms with E-state index in [0.717, 1.165) is 19.3 Å². The number of methoxy groups -OCH3 is 2. The van der Waals surface area contributed by atoms with E-state index in [1.165, 1.54) is 13.2 Å². The first kappa shape index (κ1) is 16.3. The Morgan fingerprint density at radius 2 is 1.96 bits per heavy atom. The second-order valence-corrected chi connectivity index (χ2v) is 6.31. The molecule has 120 valence electrons. The maximum Gasteiger partial charge on any atom is 0.170 e. The van der Waals surface area contributed by atoms with E-state index in [0.29, 0.717) is 22.6 Å². The lowest BCUT2D eigenvalue weighted by Crippen LogP contribution is -2.23. The summed E-state index contributed by atoms with van der Waals surface area (Å²) in [6.07, 6.45) is 2.54. The minimum atomic E-state index is -0.502. The molecule has 1 fully saturated rings. The molecule has 1 aromatic rings. The van der Waals surface area contributed by atoms with Gasteiger partial charge in [0.05, 0.1) is 25.4 Å². The zero-order valence-corrected chi connectivity index (χ0v) is 15.1. The second-order valence-electron chi connectivity index (χ2n) is 5.77. The quantitative estimate of drug-likeness (QED) is 0.543. The van der Waals surface area contributed by atoms with Crippen LogP contribution in [0.15, 0.2) is 17.9 Å². The van der Waals surface area contributed by atoms with E-state index >= 15 is 0 Å². The van der Waals surface area contributed by atoms with Crippen LogP contribution in [0.5, 0.6) is 5.75 Å². The van der Waals surface area contributed by atoms with Gasteiger partial charge in [0.25, 0.3) is 0 Å². The van der Waals surface area contributed by atoms with Crippen LogP contribution < -0.4 is 4.74 Å². The van der Waals surface area contributed by atoms with Gasteiger partial charge in [-0.1, -0.05) is 5.92 Å². The molecule has 2 aliphatic carbocycles. The lowest BCUT2D eigenvalue weighted by atomic mass is 9.82. The Morgan fingerprint density at radius 1 is 1.22 bits per heavy atom. The predicted molar refractivity (Wildman–Crippen MR) is 93.6 cm³/mol. The zero-order chi connectivity index (χ0) is 16.6. The van der Waals surface area contributed by atoms with Crippen molar-refractivity contribution in [2.24, 2.45) is 11.8 Å². The van der Waals surface area contributed by atoms with Crippen molar-refractivity contribution in [1.82, 2.24) is 0 Å². The Kier molecular flexibility index (Phi) is 4.62. The number of ether oxygens (including phenoxy) is 2. The Hall–Kier alpha value is -1.55. The van der Waals surface area contributed by atoms with Crippen LogP contribution in [0.3, 0.4) is 0 Å². The number of rotatable bonds is 3. The van der Waals surface area contributed by atoms with Crippen molar-refractivity contribution in [2.75, 3.05) is 14.2 Å². The summed E-state index contributed by atoms with van der Waals surface area (Å²) in [6, 6.07) is 3.00. The molecule has 0 radical (unpaired) electrons. The van der Waals surface area contributed by atoms with Crippen LogP contribution in [-0.4, -0.2) is 20.0 Å². The molecule has 0 spiro atoms. The number of carbonyl (C=O) groups excluding carboxylic acids is 1. The topological polar surface area (TPSA) is 35.5 Å². The number of benzene rings is 1. The summed E-state index contributed by atoms with van der Waals surface area (Å²) in [5.41, 5.74) is 1.06. The van der Waals surface area contributed by atoms with Gasteiger partial charge in [0.15, 0.2) is 5.78 Å². The van der Waals surface area contributed by atoms with Crippen LogP contribution in [0.25, 0.3) is 5.57 Å². The number of fused-ring (bicyclic) bond motifs is 2. The first-order chi connectivity index (χ1) is 11.1. The number of hydrogen-bond donors (Lipinski definition) is 0. The fourth-order valence-corrected chi connectivity index (χ4v) is 3.93. The molecule has 23 heavy (non-hydrogen) atoms. The molecule has 3 rings (SSSR count). The number of hydrogen-bond acceptors (Lipinski definition) is 3. The Labute approximate surface area is 148 Å². The lowest BCUT2D eigenvalue weighted by Gasteiger charge is -2.25. The molecule has 0 aliphatic heterocycles. The number of carbonyl (C=O) groups is 1. The standard InChI is InChI=1S/C18H16FIO3/c1-22-14-8-10(5-6-20)7-13(19)15(14)16-17(21)11-3-4-12(9-11)18(16)23-2/h7-8,11-12H,3-4,9H2,1-2H3. The van der Waals surface area contributed by atoms with Gasteiger partial charge in [-0.3, -0.25) is 4.79 Å². The first-order valence-corrected chi connectivity index (χ1v) is 8.50. The van der Waals surface area contributed by atoms with E-state index in [1.54, 1.807) is 13.2 Å². The summed E-state index contributed by atoms with van der Waals surface area (Å²) in [5, 5.41) is 0. The summed E-state index contributed by atoms with van der Waals surface area (Å²) in [6.45, 7) is 0. The fraction of sp³-hybridized carbons (Fsp3) is 0.389. The minimum absolute atomic E-state index is 0.0354. The molecule has 5 heteroatoms. The summed E-state index contributed by atoms with van der Waals surface area (Å²) in [7, 11) is 3.01. The predicted octanol–water partition coefficient (Wildman–Crippen LogP) is 3.93. The average molecular weight is 426 g/mol. The van der Waals surface area contributed by atoms with Crippen molar-refractivity contribution in [3.05, 3.63) is 34.8 Å². The third kappa shape index (κ3) is 2.74. The highest BCUT2D eigenvalue weighted by Crippen LogP contribution is 2.48. The normalized spacial score (nSPS) is 22.7. The minimum Gasteiger partial charge on any atom is -0.500 e. The van der Waals surface area contributed by atoms with Crippen LogP contribution >= 0.6 is 22.6 Å². The molecule has 2 aliphatic rings. The van der Waals surface area contributed by atoms with Crippen molar-refractivity contribution in [3.8, 4) is 15.6 Å². The molecule has 0 saturated heterocycles. The third-order valence-electron chi connectivity index (χ3n) is 4.60. The Morgan fingerprint density at radius 3 is 2.61 bits per heavy atom. The van der Waals surface area contributed by atoms with Gasteiger partial charge in [-0.2, -0.15) is 0 Å². The van der Waals surface area contributed by atoms with Crippen molar-refractivity contribution in [2.45, 2.75) is 19.3 Å². The molecule has 0 heterocycles. The van der Waals surface area contributed by atoms with Crippen molar-refractivity contribution in [1.29, 1.82) is 0 Å². The van der Waals surface area contributed by atoms with Gasteiger partial charge in [-0.25, -0.2) is 4.39 Å². The van der Waals surface area contributed by atoms with Gasteiger partial charge in [0, 0.05) is 40.0 Å². The lowest BCUT2D eigenvalue weighted by molar-refractivity contribution is -0.117. The fourth-order valence-electron chi connectivity index (χ4n) is 3.61. The maximum absolute atomic E-state index is 14.8. The van der Waals surface area contributed by atoms with E-state index in [2.05, 4.69) is 9.85 Å². The van der Waals surface area contributed by atoms with Crippen LogP contribution in [-0.2, 0) is 9.53 Å². The molecule has 0 aromatic heterocycles. The van der Waals surface area contributed by atoms with E-state index in [9.17, 15) is 9.18 Å². The van der Waals surface area contributed by atoms with E-state index in [1.807, 2.05) is 22.6 Å². The van der Waals surface area contributed by atoms with Gasteiger partial charge >= 0.3 is 0 Å². The summed E-state index contributed by atoms with van der Waals surface area (Å²) < 4.78 is 28.3. The van der Waals surface area contributed by atoms with Crippen LogP contribution in [0, 0.1) is 27.5 Å². The van der Waals surface area contributed by atoms with Gasteiger partial charge in [-0.05, 0) is 35.3 Å². The Balaban J connectivity index is 2.23.